The molecule has 11 heteroatoms. The van der Waals surface area contributed by atoms with Crippen LogP contribution in [0.2, 0.25) is 0 Å². The van der Waals surface area contributed by atoms with Crippen LogP contribution >= 0.6 is 15.9 Å². The number of benzene rings is 1. The van der Waals surface area contributed by atoms with E-state index in [1.807, 2.05) is 0 Å². The van der Waals surface area contributed by atoms with Crippen molar-refractivity contribution in [2.24, 2.45) is 5.73 Å². The summed E-state index contributed by atoms with van der Waals surface area (Å²) in [5, 5.41) is 0.598. The van der Waals surface area contributed by atoms with E-state index in [0.717, 1.165) is 4.47 Å². The number of primary amides is 1. The number of carbonyl (C=O) groups excluding carboxylic acids is 1. The van der Waals surface area contributed by atoms with Gasteiger partial charge in [-0.1, -0.05) is 22.9 Å². The summed E-state index contributed by atoms with van der Waals surface area (Å²) in [4.78, 5) is 14.8. The zero-order valence-electron chi connectivity index (χ0n) is 13.5. The van der Waals surface area contributed by atoms with Crippen molar-refractivity contribution in [2.45, 2.75) is 18.2 Å². The summed E-state index contributed by atoms with van der Waals surface area (Å²) >= 11 is 3.34. The number of aromatic amines is 1. The van der Waals surface area contributed by atoms with E-state index in [1.165, 1.54) is 0 Å². The van der Waals surface area contributed by atoms with E-state index in [-0.39, 0.29) is 29.4 Å². The SMILES string of the molecule is CCCS(=O)(=O)NCCNS(=O)c1c(C(N)=O)[nH]c2ccc(Br)cc12. The van der Waals surface area contributed by atoms with Gasteiger partial charge in [-0.25, -0.2) is 22.1 Å². The third-order valence-corrected chi connectivity index (χ3v) is 6.64. The first-order chi connectivity index (χ1) is 11.7. The van der Waals surface area contributed by atoms with Gasteiger partial charge in [0.15, 0.2) is 0 Å². The first-order valence-electron chi connectivity index (χ1n) is 7.49. The average Bonchev–Trinajstić information content (AvgIpc) is 2.90. The number of hydrogen-bond donors (Lipinski definition) is 4. The van der Waals surface area contributed by atoms with Gasteiger partial charge in [0.2, 0.25) is 10.0 Å². The van der Waals surface area contributed by atoms with Crippen LogP contribution in [-0.2, 0) is 21.0 Å². The number of halogens is 1. The maximum absolute atomic E-state index is 12.6. The lowest BCUT2D eigenvalue weighted by atomic mass is 10.2. The molecule has 0 saturated heterocycles. The van der Waals surface area contributed by atoms with Crippen molar-refractivity contribution in [1.29, 1.82) is 0 Å². The van der Waals surface area contributed by atoms with Crippen LogP contribution in [0.4, 0.5) is 0 Å². The quantitative estimate of drug-likeness (QED) is 0.423. The first kappa shape index (κ1) is 20.0. The molecule has 1 heterocycles. The summed E-state index contributed by atoms with van der Waals surface area (Å²) in [6, 6.07) is 5.26. The van der Waals surface area contributed by atoms with Gasteiger partial charge < -0.3 is 10.7 Å². The van der Waals surface area contributed by atoms with Gasteiger partial charge in [-0.15, -0.1) is 0 Å². The van der Waals surface area contributed by atoms with Gasteiger partial charge in [0.25, 0.3) is 5.91 Å². The van der Waals surface area contributed by atoms with E-state index in [0.29, 0.717) is 17.3 Å². The van der Waals surface area contributed by atoms with Crippen LogP contribution in [-0.4, -0.2) is 42.4 Å². The third kappa shape index (κ3) is 5.11. The number of nitrogens with one attached hydrogen (secondary N) is 3. The molecule has 25 heavy (non-hydrogen) atoms. The van der Waals surface area contributed by atoms with Crippen LogP contribution in [0.15, 0.2) is 27.6 Å². The highest BCUT2D eigenvalue weighted by Gasteiger charge is 2.21. The third-order valence-electron chi connectivity index (χ3n) is 3.30. The number of sulfonamides is 1. The molecule has 0 spiro atoms. The summed E-state index contributed by atoms with van der Waals surface area (Å²) in [5.74, 6) is -0.681. The highest BCUT2D eigenvalue weighted by molar-refractivity contribution is 9.10. The molecule has 0 radical (unpaired) electrons. The van der Waals surface area contributed by atoms with E-state index < -0.39 is 26.9 Å². The summed E-state index contributed by atoms with van der Waals surface area (Å²) < 4.78 is 41.6. The van der Waals surface area contributed by atoms with Gasteiger partial charge in [-0.2, -0.15) is 0 Å². The van der Waals surface area contributed by atoms with E-state index in [1.54, 1.807) is 25.1 Å². The van der Waals surface area contributed by atoms with Crippen molar-refractivity contribution in [3.8, 4) is 0 Å². The lowest BCUT2D eigenvalue weighted by Gasteiger charge is -2.07. The summed E-state index contributed by atoms with van der Waals surface area (Å²) in [6.07, 6.45) is 0.515. The Bertz CT molecular complexity index is 911. The second-order valence-electron chi connectivity index (χ2n) is 5.26. The van der Waals surface area contributed by atoms with Crippen molar-refractivity contribution in [1.82, 2.24) is 14.4 Å². The molecule has 2 rings (SSSR count). The largest absolute Gasteiger partial charge is 0.364 e. The summed E-state index contributed by atoms with van der Waals surface area (Å²) in [7, 11) is -5.06. The fraction of sp³-hybridized carbons (Fsp3) is 0.357. The van der Waals surface area contributed by atoms with Crippen LogP contribution in [0.25, 0.3) is 10.9 Å². The number of hydrogen-bond acceptors (Lipinski definition) is 4. The molecule has 0 aliphatic carbocycles. The van der Waals surface area contributed by atoms with E-state index in [2.05, 4.69) is 30.4 Å². The van der Waals surface area contributed by atoms with E-state index in [4.69, 9.17) is 5.73 Å². The number of amides is 1. The maximum atomic E-state index is 12.6. The molecule has 0 aliphatic rings. The molecule has 5 N–H and O–H groups in total. The van der Waals surface area contributed by atoms with E-state index in [9.17, 15) is 17.4 Å². The Labute approximate surface area is 156 Å². The van der Waals surface area contributed by atoms with Gasteiger partial charge in [0, 0.05) is 28.5 Å². The normalized spacial score (nSPS) is 13.2. The molecular weight excluding hydrogens is 432 g/mol. The molecule has 0 fully saturated rings. The van der Waals surface area contributed by atoms with Gasteiger partial charge >= 0.3 is 0 Å². The van der Waals surface area contributed by atoms with E-state index >= 15 is 0 Å². The molecule has 1 aromatic heterocycles. The Morgan fingerprint density at radius 3 is 2.72 bits per heavy atom. The molecule has 0 saturated carbocycles. The fourth-order valence-corrected chi connectivity index (χ4v) is 4.86. The summed E-state index contributed by atoms with van der Waals surface area (Å²) in [6.45, 7) is 1.99. The molecule has 138 valence electrons. The topological polar surface area (TPSA) is 134 Å². The highest BCUT2D eigenvalue weighted by atomic mass is 79.9. The van der Waals surface area contributed by atoms with Crippen molar-refractivity contribution in [2.75, 3.05) is 18.8 Å². The molecule has 8 nitrogen and oxygen atoms in total. The Balaban J connectivity index is 2.15. The average molecular weight is 451 g/mol. The minimum absolute atomic E-state index is 0.0401. The second-order valence-corrected chi connectivity index (χ2v) is 9.34. The molecular formula is C14H19BrN4O4S2. The lowest BCUT2D eigenvalue weighted by molar-refractivity contribution is 0.0993. The molecule has 2 aromatic rings. The molecule has 0 bridgehead atoms. The van der Waals surface area contributed by atoms with Gasteiger partial charge in [-0.3, -0.25) is 4.79 Å². The number of H-pyrrole nitrogens is 1. The fourth-order valence-electron chi connectivity index (χ4n) is 2.27. The Morgan fingerprint density at radius 1 is 1.36 bits per heavy atom. The maximum Gasteiger partial charge on any atom is 0.266 e. The summed E-state index contributed by atoms with van der Waals surface area (Å²) in [5.41, 5.74) is 6.05. The minimum atomic E-state index is -3.32. The van der Waals surface area contributed by atoms with Crippen LogP contribution in [0.5, 0.6) is 0 Å². The van der Waals surface area contributed by atoms with Crippen LogP contribution < -0.4 is 15.2 Å². The molecule has 1 amide bonds. The van der Waals surface area contributed by atoms with Crippen LogP contribution in [0, 0.1) is 0 Å². The van der Waals surface area contributed by atoms with Gasteiger partial charge in [0.1, 0.15) is 16.7 Å². The predicted octanol–water partition coefficient (Wildman–Crippen LogP) is 0.971. The first-order valence-corrected chi connectivity index (χ1v) is 11.1. The Kier molecular flexibility index (Phi) is 6.74. The minimum Gasteiger partial charge on any atom is -0.364 e. The van der Waals surface area contributed by atoms with Crippen molar-refractivity contribution < 1.29 is 17.4 Å². The molecule has 0 aliphatic heterocycles. The number of fused-ring (bicyclic) bond motifs is 1. The number of carbonyl (C=O) groups is 1. The number of nitrogens with two attached hydrogens (primary N) is 1. The Morgan fingerprint density at radius 2 is 2.08 bits per heavy atom. The molecule has 1 unspecified atom stereocenters. The second kappa shape index (κ2) is 8.41. The van der Waals surface area contributed by atoms with Gasteiger partial charge in [-0.05, 0) is 24.6 Å². The smallest absolute Gasteiger partial charge is 0.266 e. The van der Waals surface area contributed by atoms with Gasteiger partial charge in [0.05, 0.1) is 10.6 Å². The zero-order valence-corrected chi connectivity index (χ0v) is 16.7. The van der Waals surface area contributed by atoms with Crippen LogP contribution in [0.1, 0.15) is 23.8 Å². The highest BCUT2D eigenvalue weighted by Crippen LogP contribution is 2.27. The monoisotopic (exact) mass is 450 g/mol. The van der Waals surface area contributed by atoms with Crippen molar-refractivity contribution >= 4 is 53.7 Å². The zero-order chi connectivity index (χ0) is 18.6. The number of rotatable bonds is 9. The lowest BCUT2D eigenvalue weighted by Crippen LogP contribution is -2.34. The van der Waals surface area contributed by atoms with Crippen LogP contribution in [0.3, 0.4) is 0 Å². The Hall–Kier alpha value is -1.27. The molecule has 1 aromatic carbocycles. The molecule has 1 atom stereocenters. The van der Waals surface area contributed by atoms with Crippen molar-refractivity contribution in [3.63, 3.8) is 0 Å². The van der Waals surface area contributed by atoms with Crippen molar-refractivity contribution in [3.05, 3.63) is 28.4 Å². The number of aromatic nitrogens is 1. The predicted molar refractivity (Wildman–Crippen MR) is 101 cm³/mol. The standard InChI is InChI=1S/C14H19BrN4O4S2/c1-2-7-25(22,23)18-6-5-17-24(21)13-10-8-9(15)3-4-11(10)19-12(13)14(16)20/h3-4,8,17-19H,2,5-7H2,1H3,(H2,16,20).